The molecule has 7 heteroatoms. The van der Waals surface area contributed by atoms with Crippen molar-refractivity contribution in [1.82, 2.24) is 15.0 Å². The Bertz CT molecular complexity index is 498. The summed E-state index contributed by atoms with van der Waals surface area (Å²) in [6.45, 7) is 0. The van der Waals surface area contributed by atoms with Gasteiger partial charge in [0.1, 0.15) is 0 Å². The number of nitriles is 1. The first-order valence-electron chi connectivity index (χ1n) is 4.59. The summed E-state index contributed by atoms with van der Waals surface area (Å²) in [6, 6.07) is 9.47. The predicted molar refractivity (Wildman–Crippen MR) is 63.9 cm³/mol. The molecule has 0 aliphatic rings. The summed E-state index contributed by atoms with van der Waals surface area (Å²) in [5.41, 5.74) is 15.9. The van der Waals surface area contributed by atoms with E-state index in [0.717, 1.165) is 5.56 Å². The molecule has 1 aromatic carbocycles. The van der Waals surface area contributed by atoms with Gasteiger partial charge in [0.2, 0.25) is 11.9 Å². The van der Waals surface area contributed by atoms with Gasteiger partial charge in [0.05, 0.1) is 0 Å². The molecule has 0 saturated heterocycles. The molecule has 0 radical (unpaired) electrons. The average Bonchev–Trinajstić information content (AvgIpc) is 2.30. The predicted octanol–water partition coefficient (Wildman–Crippen LogP) is 0.129. The molecule has 0 saturated carbocycles. The number of hydrogen-bond donors (Lipinski definition) is 3. The summed E-state index contributed by atoms with van der Waals surface area (Å²) >= 11 is 0. The minimum Gasteiger partial charge on any atom is -0.368 e. The van der Waals surface area contributed by atoms with Gasteiger partial charge in [-0.1, -0.05) is 30.3 Å². The zero-order valence-corrected chi connectivity index (χ0v) is 8.91. The van der Waals surface area contributed by atoms with Crippen LogP contribution >= 0.6 is 0 Å². The van der Waals surface area contributed by atoms with Crippen molar-refractivity contribution in [3.63, 3.8) is 0 Å². The SMILES string of the molecule is N#CN.Nc1nc(N)nc(-c2ccccc2)n1. The maximum atomic E-state index is 7.10. The van der Waals surface area contributed by atoms with Crippen LogP contribution in [0.4, 0.5) is 11.9 Å². The van der Waals surface area contributed by atoms with Gasteiger partial charge in [-0.05, 0) is 0 Å². The minimum atomic E-state index is 0.136. The average molecular weight is 229 g/mol. The van der Waals surface area contributed by atoms with Crippen molar-refractivity contribution in [3.8, 4) is 17.6 Å². The summed E-state index contributed by atoms with van der Waals surface area (Å²) in [7, 11) is 0. The van der Waals surface area contributed by atoms with Crippen molar-refractivity contribution in [3.05, 3.63) is 30.3 Å². The van der Waals surface area contributed by atoms with Crippen molar-refractivity contribution < 1.29 is 0 Å². The summed E-state index contributed by atoms with van der Waals surface area (Å²) in [4.78, 5) is 11.7. The highest BCUT2D eigenvalue weighted by atomic mass is 15.1. The standard InChI is InChI=1S/C9H9N5.CH2N2/c10-8-12-7(13-9(11)14-8)6-4-2-1-3-5-6;2-1-3/h1-5H,(H4,10,11,12,13,14);2H2. The Labute approximate surface area is 97.9 Å². The maximum Gasteiger partial charge on any atom is 0.225 e. The van der Waals surface area contributed by atoms with Gasteiger partial charge in [0, 0.05) is 5.56 Å². The molecule has 1 aromatic heterocycles. The van der Waals surface area contributed by atoms with E-state index in [9.17, 15) is 0 Å². The molecule has 0 spiro atoms. The van der Waals surface area contributed by atoms with Crippen LogP contribution in [0, 0.1) is 11.5 Å². The Morgan fingerprint density at radius 1 is 0.941 bits per heavy atom. The smallest absolute Gasteiger partial charge is 0.225 e. The molecule has 0 aliphatic heterocycles. The first-order chi connectivity index (χ1) is 8.17. The fourth-order valence-corrected chi connectivity index (χ4v) is 1.13. The quantitative estimate of drug-likeness (QED) is 0.466. The highest BCUT2D eigenvalue weighted by molar-refractivity contribution is 5.56. The Kier molecular flexibility index (Phi) is 4.21. The van der Waals surface area contributed by atoms with Gasteiger partial charge in [-0.3, -0.25) is 0 Å². The van der Waals surface area contributed by atoms with Crippen LogP contribution in [0.2, 0.25) is 0 Å². The number of hydrogen-bond acceptors (Lipinski definition) is 7. The Hall–Kier alpha value is -2.88. The van der Waals surface area contributed by atoms with E-state index in [0.29, 0.717) is 5.82 Å². The molecular formula is C10H11N7. The molecule has 2 rings (SSSR count). The van der Waals surface area contributed by atoms with Gasteiger partial charge < -0.3 is 17.2 Å². The third-order valence-electron chi connectivity index (χ3n) is 1.70. The number of anilines is 2. The van der Waals surface area contributed by atoms with E-state index in [1.54, 1.807) is 0 Å². The number of nitrogen functional groups attached to an aromatic ring is 2. The van der Waals surface area contributed by atoms with Crippen LogP contribution < -0.4 is 17.2 Å². The largest absolute Gasteiger partial charge is 0.368 e. The molecule has 0 amide bonds. The molecule has 17 heavy (non-hydrogen) atoms. The van der Waals surface area contributed by atoms with Gasteiger partial charge in [0.15, 0.2) is 12.0 Å². The number of aromatic nitrogens is 3. The lowest BCUT2D eigenvalue weighted by molar-refractivity contribution is 1.09. The molecule has 0 bridgehead atoms. The van der Waals surface area contributed by atoms with E-state index in [2.05, 4.69) is 20.7 Å². The molecule has 0 atom stereocenters. The van der Waals surface area contributed by atoms with Crippen LogP contribution in [-0.2, 0) is 0 Å². The maximum absolute atomic E-state index is 7.10. The summed E-state index contributed by atoms with van der Waals surface area (Å²) in [6.07, 6.45) is 1.25. The lowest BCUT2D eigenvalue weighted by atomic mass is 10.2. The molecule has 0 fully saturated rings. The normalized spacial score (nSPS) is 8.65. The molecular weight excluding hydrogens is 218 g/mol. The van der Waals surface area contributed by atoms with E-state index >= 15 is 0 Å². The molecule has 2 aromatic rings. The Morgan fingerprint density at radius 2 is 1.41 bits per heavy atom. The van der Waals surface area contributed by atoms with Crippen LogP contribution in [0.25, 0.3) is 11.4 Å². The lowest BCUT2D eigenvalue weighted by Crippen LogP contribution is -2.04. The second kappa shape index (κ2) is 5.87. The second-order valence-corrected chi connectivity index (χ2v) is 2.87. The Morgan fingerprint density at radius 3 is 1.88 bits per heavy atom. The van der Waals surface area contributed by atoms with Gasteiger partial charge in [-0.15, -0.1) is 0 Å². The van der Waals surface area contributed by atoms with Crippen molar-refractivity contribution in [2.24, 2.45) is 5.73 Å². The molecule has 1 heterocycles. The molecule has 6 N–H and O–H groups in total. The molecule has 0 unspecified atom stereocenters. The van der Waals surface area contributed by atoms with E-state index in [1.165, 1.54) is 6.19 Å². The van der Waals surface area contributed by atoms with Crippen LogP contribution in [0.3, 0.4) is 0 Å². The van der Waals surface area contributed by atoms with E-state index in [4.69, 9.17) is 16.7 Å². The van der Waals surface area contributed by atoms with Gasteiger partial charge in [-0.2, -0.15) is 20.2 Å². The number of rotatable bonds is 1. The van der Waals surface area contributed by atoms with Crippen LogP contribution in [-0.4, -0.2) is 15.0 Å². The van der Waals surface area contributed by atoms with Gasteiger partial charge in [0.25, 0.3) is 0 Å². The van der Waals surface area contributed by atoms with Crippen LogP contribution in [0.15, 0.2) is 30.3 Å². The van der Waals surface area contributed by atoms with Gasteiger partial charge >= 0.3 is 0 Å². The second-order valence-electron chi connectivity index (χ2n) is 2.87. The van der Waals surface area contributed by atoms with E-state index < -0.39 is 0 Å². The number of nitrogens with two attached hydrogens (primary N) is 3. The summed E-state index contributed by atoms with van der Waals surface area (Å²) < 4.78 is 0. The third kappa shape index (κ3) is 3.64. The van der Waals surface area contributed by atoms with Crippen molar-refractivity contribution in [2.45, 2.75) is 0 Å². The van der Waals surface area contributed by atoms with Crippen molar-refractivity contribution in [1.29, 1.82) is 5.26 Å². The van der Waals surface area contributed by atoms with Crippen molar-refractivity contribution in [2.75, 3.05) is 11.5 Å². The first kappa shape index (κ1) is 12.2. The minimum absolute atomic E-state index is 0.136. The number of benzene rings is 1. The molecule has 86 valence electrons. The lowest BCUT2D eigenvalue weighted by Gasteiger charge is -2.00. The highest BCUT2D eigenvalue weighted by Gasteiger charge is 2.03. The monoisotopic (exact) mass is 229 g/mol. The fraction of sp³-hybridized carbons (Fsp3) is 0. The molecule has 0 aliphatic carbocycles. The molecule has 7 nitrogen and oxygen atoms in total. The first-order valence-corrected chi connectivity index (χ1v) is 4.59. The van der Waals surface area contributed by atoms with Crippen molar-refractivity contribution >= 4 is 11.9 Å². The zero-order valence-electron chi connectivity index (χ0n) is 8.91. The number of nitrogens with zero attached hydrogens (tertiary/aromatic N) is 4. The van der Waals surface area contributed by atoms with E-state index in [1.807, 2.05) is 30.3 Å². The van der Waals surface area contributed by atoms with Crippen LogP contribution in [0.1, 0.15) is 0 Å². The highest BCUT2D eigenvalue weighted by Crippen LogP contribution is 2.14. The van der Waals surface area contributed by atoms with Crippen LogP contribution in [0.5, 0.6) is 0 Å². The third-order valence-corrected chi connectivity index (χ3v) is 1.70. The zero-order chi connectivity index (χ0) is 12.7. The topological polar surface area (TPSA) is 141 Å². The summed E-state index contributed by atoms with van der Waals surface area (Å²) in [5.74, 6) is 0.767. The Balaban J connectivity index is 0.000000437. The van der Waals surface area contributed by atoms with E-state index in [-0.39, 0.29) is 11.9 Å². The summed E-state index contributed by atoms with van der Waals surface area (Å²) in [5, 5.41) is 7.10. The fourth-order valence-electron chi connectivity index (χ4n) is 1.13. The van der Waals surface area contributed by atoms with Gasteiger partial charge in [-0.25, -0.2) is 0 Å².